The SMILES string of the molecule is Cc1ccc(Cn2cc(OC(=O)O)nc2C)cc1. The molecule has 1 N–H and O–H groups in total. The first-order valence-corrected chi connectivity index (χ1v) is 5.54. The quantitative estimate of drug-likeness (QED) is 0.845. The molecule has 5 nitrogen and oxygen atoms in total. The second-order valence-electron chi connectivity index (χ2n) is 4.11. The van der Waals surface area contributed by atoms with Gasteiger partial charge in [0.2, 0.25) is 5.88 Å². The van der Waals surface area contributed by atoms with E-state index in [2.05, 4.69) is 9.72 Å². The van der Waals surface area contributed by atoms with Crippen molar-refractivity contribution in [3.05, 3.63) is 47.4 Å². The van der Waals surface area contributed by atoms with Crippen molar-refractivity contribution in [2.45, 2.75) is 20.4 Å². The monoisotopic (exact) mass is 246 g/mol. The average Bonchev–Trinajstić information content (AvgIpc) is 2.61. The molecule has 0 atom stereocenters. The predicted octanol–water partition coefficient (Wildman–Crippen LogP) is 2.61. The molecular weight excluding hydrogens is 232 g/mol. The van der Waals surface area contributed by atoms with Crippen LogP contribution in [-0.2, 0) is 6.54 Å². The fourth-order valence-corrected chi connectivity index (χ4v) is 1.67. The summed E-state index contributed by atoms with van der Waals surface area (Å²) in [4.78, 5) is 14.4. The van der Waals surface area contributed by atoms with Crippen molar-refractivity contribution >= 4 is 6.16 Å². The lowest BCUT2D eigenvalue weighted by Crippen LogP contribution is -2.03. The molecule has 0 aliphatic carbocycles. The molecule has 0 unspecified atom stereocenters. The van der Waals surface area contributed by atoms with Crippen molar-refractivity contribution in [3.63, 3.8) is 0 Å². The van der Waals surface area contributed by atoms with Gasteiger partial charge in [0.1, 0.15) is 5.82 Å². The van der Waals surface area contributed by atoms with E-state index in [0.29, 0.717) is 12.4 Å². The minimum absolute atomic E-state index is 0.104. The largest absolute Gasteiger partial charge is 0.512 e. The van der Waals surface area contributed by atoms with Crippen LogP contribution in [0.25, 0.3) is 0 Å². The maximum atomic E-state index is 10.4. The van der Waals surface area contributed by atoms with Gasteiger partial charge >= 0.3 is 6.16 Å². The van der Waals surface area contributed by atoms with Crippen LogP contribution in [0.15, 0.2) is 30.5 Å². The Balaban J connectivity index is 2.16. The van der Waals surface area contributed by atoms with E-state index in [1.807, 2.05) is 42.7 Å². The fourth-order valence-electron chi connectivity index (χ4n) is 1.67. The molecule has 1 aromatic heterocycles. The molecule has 0 aliphatic heterocycles. The number of aromatic nitrogens is 2. The van der Waals surface area contributed by atoms with Crippen molar-refractivity contribution in [2.24, 2.45) is 0 Å². The van der Waals surface area contributed by atoms with Crippen LogP contribution in [0.1, 0.15) is 17.0 Å². The molecule has 0 amide bonds. The van der Waals surface area contributed by atoms with Crippen molar-refractivity contribution < 1.29 is 14.6 Å². The Hall–Kier alpha value is -2.30. The summed E-state index contributed by atoms with van der Waals surface area (Å²) >= 11 is 0. The molecule has 0 saturated carbocycles. The van der Waals surface area contributed by atoms with Gasteiger partial charge in [-0.3, -0.25) is 0 Å². The molecular formula is C13H14N2O3. The standard InChI is InChI=1S/C13H14N2O3/c1-9-3-5-11(6-4-9)7-15-8-12(14-10(15)2)18-13(16)17/h3-6,8H,7H2,1-2H3,(H,16,17). The van der Waals surface area contributed by atoms with E-state index in [9.17, 15) is 4.79 Å². The number of aryl methyl sites for hydroxylation is 2. The second kappa shape index (κ2) is 4.91. The van der Waals surface area contributed by atoms with E-state index in [4.69, 9.17) is 5.11 Å². The van der Waals surface area contributed by atoms with E-state index in [-0.39, 0.29) is 5.88 Å². The van der Waals surface area contributed by atoms with Crippen LogP contribution in [-0.4, -0.2) is 20.8 Å². The third-order valence-corrected chi connectivity index (χ3v) is 2.62. The molecule has 1 aromatic carbocycles. The number of carboxylic acid groups (broad SMARTS) is 1. The third kappa shape index (κ3) is 2.88. The Labute approximate surface area is 105 Å². The lowest BCUT2D eigenvalue weighted by Gasteiger charge is -2.04. The Morgan fingerprint density at radius 2 is 2.00 bits per heavy atom. The van der Waals surface area contributed by atoms with Gasteiger partial charge in [0.05, 0.1) is 6.20 Å². The molecule has 18 heavy (non-hydrogen) atoms. The molecule has 2 rings (SSSR count). The lowest BCUT2D eigenvalue weighted by molar-refractivity contribution is 0.142. The number of ether oxygens (including phenoxy) is 1. The number of carbonyl (C=O) groups is 1. The molecule has 0 saturated heterocycles. The number of rotatable bonds is 3. The van der Waals surface area contributed by atoms with E-state index in [0.717, 1.165) is 5.56 Å². The van der Waals surface area contributed by atoms with Crippen LogP contribution in [0, 0.1) is 13.8 Å². The zero-order valence-corrected chi connectivity index (χ0v) is 10.3. The number of hydrogen-bond donors (Lipinski definition) is 1. The van der Waals surface area contributed by atoms with E-state index in [1.54, 1.807) is 6.20 Å². The van der Waals surface area contributed by atoms with Crippen molar-refractivity contribution in [1.29, 1.82) is 0 Å². The maximum absolute atomic E-state index is 10.4. The van der Waals surface area contributed by atoms with Gasteiger partial charge < -0.3 is 14.4 Å². The van der Waals surface area contributed by atoms with E-state index >= 15 is 0 Å². The highest BCUT2D eigenvalue weighted by molar-refractivity contribution is 5.60. The molecule has 0 aliphatic rings. The molecule has 2 aromatic rings. The van der Waals surface area contributed by atoms with Gasteiger partial charge in [0.15, 0.2) is 0 Å². The van der Waals surface area contributed by atoms with Crippen molar-refractivity contribution in [2.75, 3.05) is 0 Å². The van der Waals surface area contributed by atoms with Gasteiger partial charge in [-0.2, -0.15) is 4.98 Å². The molecule has 0 fully saturated rings. The summed E-state index contributed by atoms with van der Waals surface area (Å²) < 4.78 is 6.37. The highest BCUT2D eigenvalue weighted by atomic mass is 16.7. The minimum Gasteiger partial charge on any atom is -0.449 e. The van der Waals surface area contributed by atoms with Gasteiger partial charge in [-0.25, -0.2) is 4.79 Å². The maximum Gasteiger partial charge on any atom is 0.512 e. The highest BCUT2D eigenvalue weighted by Crippen LogP contribution is 2.13. The van der Waals surface area contributed by atoms with Gasteiger partial charge in [-0.05, 0) is 19.4 Å². The first-order chi connectivity index (χ1) is 8.54. The molecule has 1 heterocycles. The summed E-state index contributed by atoms with van der Waals surface area (Å²) in [6.45, 7) is 4.48. The summed E-state index contributed by atoms with van der Waals surface area (Å²) in [6, 6.07) is 8.14. The summed E-state index contributed by atoms with van der Waals surface area (Å²) in [6.07, 6.45) is 0.235. The van der Waals surface area contributed by atoms with Gasteiger partial charge in [-0.15, -0.1) is 0 Å². The van der Waals surface area contributed by atoms with Crippen LogP contribution in [0.3, 0.4) is 0 Å². The summed E-state index contributed by atoms with van der Waals surface area (Å²) in [7, 11) is 0. The molecule has 5 heteroatoms. The lowest BCUT2D eigenvalue weighted by atomic mass is 10.1. The number of benzene rings is 1. The Kier molecular flexibility index (Phi) is 3.32. The van der Waals surface area contributed by atoms with E-state index < -0.39 is 6.16 Å². The predicted molar refractivity (Wildman–Crippen MR) is 65.9 cm³/mol. The number of imidazole rings is 1. The van der Waals surface area contributed by atoms with Crippen LogP contribution in [0.4, 0.5) is 4.79 Å². The highest BCUT2D eigenvalue weighted by Gasteiger charge is 2.08. The normalized spacial score (nSPS) is 10.3. The van der Waals surface area contributed by atoms with Crippen LogP contribution in [0.2, 0.25) is 0 Å². The third-order valence-electron chi connectivity index (χ3n) is 2.62. The molecule has 0 bridgehead atoms. The Morgan fingerprint density at radius 1 is 1.33 bits per heavy atom. The van der Waals surface area contributed by atoms with Crippen LogP contribution in [0.5, 0.6) is 5.88 Å². The number of hydrogen-bond acceptors (Lipinski definition) is 3. The van der Waals surface area contributed by atoms with Crippen LogP contribution < -0.4 is 4.74 Å². The Morgan fingerprint density at radius 3 is 2.61 bits per heavy atom. The zero-order valence-electron chi connectivity index (χ0n) is 10.3. The summed E-state index contributed by atoms with van der Waals surface area (Å²) in [5.41, 5.74) is 2.33. The van der Waals surface area contributed by atoms with Gasteiger partial charge in [-0.1, -0.05) is 29.8 Å². The van der Waals surface area contributed by atoms with Crippen molar-refractivity contribution in [3.8, 4) is 5.88 Å². The van der Waals surface area contributed by atoms with Gasteiger partial charge in [0.25, 0.3) is 0 Å². The van der Waals surface area contributed by atoms with Crippen molar-refractivity contribution in [1.82, 2.24) is 9.55 Å². The fraction of sp³-hybridized carbons (Fsp3) is 0.231. The average molecular weight is 246 g/mol. The first kappa shape index (κ1) is 12.2. The topological polar surface area (TPSA) is 64.3 Å². The Bertz CT molecular complexity index is 558. The minimum atomic E-state index is -1.35. The smallest absolute Gasteiger partial charge is 0.449 e. The van der Waals surface area contributed by atoms with E-state index in [1.165, 1.54) is 5.56 Å². The molecule has 94 valence electrons. The molecule has 0 radical (unpaired) electrons. The summed E-state index contributed by atoms with van der Waals surface area (Å²) in [5, 5.41) is 8.52. The number of nitrogens with zero attached hydrogens (tertiary/aromatic N) is 2. The van der Waals surface area contributed by atoms with Gasteiger partial charge in [0, 0.05) is 6.54 Å². The van der Waals surface area contributed by atoms with Crippen LogP contribution >= 0.6 is 0 Å². The summed E-state index contributed by atoms with van der Waals surface area (Å²) in [5.74, 6) is 0.818. The first-order valence-electron chi connectivity index (χ1n) is 5.54. The second-order valence-corrected chi connectivity index (χ2v) is 4.11. The zero-order chi connectivity index (χ0) is 13.1. The molecule has 0 spiro atoms.